The summed E-state index contributed by atoms with van der Waals surface area (Å²) < 4.78 is 24.0. The fourth-order valence-corrected chi connectivity index (χ4v) is 6.35. The average Bonchev–Trinajstić information content (AvgIpc) is 3.72. The van der Waals surface area contributed by atoms with Crippen LogP contribution in [-0.4, -0.2) is 40.5 Å². The van der Waals surface area contributed by atoms with E-state index in [-0.39, 0.29) is 17.1 Å². The van der Waals surface area contributed by atoms with Gasteiger partial charge in [-0.2, -0.15) is 0 Å². The Morgan fingerprint density at radius 1 is 1.10 bits per heavy atom. The zero-order chi connectivity index (χ0) is 29.7. The van der Waals surface area contributed by atoms with Crippen LogP contribution in [0, 0.1) is 5.41 Å². The van der Waals surface area contributed by atoms with Crippen molar-refractivity contribution in [3.63, 3.8) is 0 Å². The average molecular weight is 618 g/mol. The highest BCUT2D eigenvalue weighted by Gasteiger charge is 2.34. The molecule has 1 aromatic carbocycles. The Morgan fingerprint density at radius 3 is 2.48 bits per heavy atom. The van der Waals surface area contributed by atoms with Crippen LogP contribution in [0.3, 0.4) is 0 Å². The van der Waals surface area contributed by atoms with E-state index in [2.05, 4.69) is 10.1 Å². The zero-order valence-electron chi connectivity index (χ0n) is 24.2. The molecule has 0 bridgehead atoms. The highest BCUT2D eigenvalue weighted by atomic mass is 35.5. The molecule has 1 N–H and O–H groups in total. The van der Waals surface area contributed by atoms with E-state index in [0.717, 1.165) is 62.7 Å². The van der Waals surface area contributed by atoms with Crippen molar-refractivity contribution in [2.45, 2.75) is 90.3 Å². The van der Waals surface area contributed by atoms with Gasteiger partial charge in [0.2, 0.25) is 0 Å². The Balaban J connectivity index is 1.22. The highest BCUT2D eigenvalue weighted by Crippen LogP contribution is 2.46. The number of benzene rings is 1. The van der Waals surface area contributed by atoms with Crippen molar-refractivity contribution in [2.24, 2.45) is 5.41 Å². The molecule has 2 aromatic heterocycles. The minimum Gasteiger partial charge on any atom is -0.493 e. The summed E-state index contributed by atoms with van der Waals surface area (Å²) in [6.07, 6.45) is 12.7. The monoisotopic (exact) mass is 616 g/mol. The minimum atomic E-state index is -1.01. The normalized spacial score (nSPS) is 16.5. The first-order valence-corrected chi connectivity index (χ1v) is 15.5. The van der Waals surface area contributed by atoms with E-state index in [1.807, 2.05) is 13.8 Å². The molecule has 226 valence electrons. The lowest BCUT2D eigenvalue weighted by molar-refractivity contribution is 0.0610. The first-order valence-electron chi connectivity index (χ1n) is 14.8. The van der Waals surface area contributed by atoms with Gasteiger partial charge in [-0.1, -0.05) is 47.6 Å². The number of rotatable bonds is 14. The molecule has 0 atom stereocenters. The lowest BCUT2D eigenvalue weighted by Crippen LogP contribution is -2.31. The molecule has 5 rings (SSSR count). The maximum Gasteiger partial charge on any atom is 0.335 e. The van der Waals surface area contributed by atoms with Gasteiger partial charge in [0, 0.05) is 47.5 Å². The molecule has 8 nitrogen and oxygen atoms in total. The molecule has 0 radical (unpaired) electrons. The lowest BCUT2D eigenvalue weighted by atomic mass is 9.72. The number of carboxylic acids is 1. The fourth-order valence-electron chi connectivity index (χ4n) is 5.81. The van der Waals surface area contributed by atoms with Crippen LogP contribution in [0.1, 0.15) is 99.2 Å². The molecule has 0 amide bonds. The van der Waals surface area contributed by atoms with Gasteiger partial charge >= 0.3 is 5.97 Å². The Hall–Kier alpha value is -2.81. The molecule has 2 saturated carbocycles. The van der Waals surface area contributed by atoms with Crippen molar-refractivity contribution in [3.8, 4) is 22.8 Å². The number of halogens is 2. The summed E-state index contributed by atoms with van der Waals surface area (Å²) >= 11 is 12.9. The summed E-state index contributed by atoms with van der Waals surface area (Å²) in [7, 11) is 0. The fraction of sp³-hybridized carbons (Fsp3) is 0.531. The van der Waals surface area contributed by atoms with Gasteiger partial charge in [-0.3, -0.25) is 4.98 Å². The number of hydrogen-bond donors (Lipinski definition) is 1. The van der Waals surface area contributed by atoms with Crippen LogP contribution in [0.15, 0.2) is 35.1 Å². The summed E-state index contributed by atoms with van der Waals surface area (Å²) in [6, 6.07) is 4.89. The van der Waals surface area contributed by atoms with E-state index >= 15 is 0 Å². The second-order valence-corrected chi connectivity index (χ2v) is 12.6. The Bertz CT molecular complexity index is 1360. The smallest absolute Gasteiger partial charge is 0.335 e. The van der Waals surface area contributed by atoms with Gasteiger partial charge in [-0.05, 0) is 64.5 Å². The Morgan fingerprint density at radius 2 is 1.81 bits per heavy atom. The molecule has 42 heavy (non-hydrogen) atoms. The molecule has 0 spiro atoms. The number of nitrogens with zero attached hydrogens (tertiary/aromatic N) is 2. The molecule has 0 saturated heterocycles. The summed E-state index contributed by atoms with van der Waals surface area (Å²) in [6.45, 7) is 5.29. The molecule has 2 fully saturated rings. The van der Waals surface area contributed by atoms with Crippen molar-refractivity contribution in [3.05, 3.63) is 57.5 Å². The third kappa shape index (κ3) is 7.57. The Kier molecular flexibility index (Phi) is 9.96. The molecule has 2 aliphatic rings. The third-order valence-corrected chi connectivity index (χ3v) is 8.63. The second kappa shape index (κ2) is 13.7. The van der Waals surface area contributed by atoms with E-state index in [1.54, 1.807) is 24.5 Å². The van der Waals surface area contributed by atoms with Crippen molar-refractivity contribution in [2.75, 3.05) is 13.2 Å². The number of aromatic nitrogens is 2. The number of pyridine rings is 1. The predicted molar refractivity (Wildman–Crippen MR) is 161 cm³/mol. The molecule has 10 heteroatoms. The van der Waals surface area contributed by atoms with E-state index in [4.69, 9.17) is 41.9 Å². The number of ether oxygens (including phenoxy) is 3. The third-order valence-electron chi connectivity index (χ3n) is 8.06. The molecule has 2 heterocycles. The van der Waals surface area contributed by atoms with Gasteiger partial charge in [0.15, 0.2) is 0 Å². The number of aromatic carboxylic acids is 1. The van der Waals surface area contributed by atoms with Crippen molar-refractivity contribution in [1.82, 2.24) is 10.1 Å². The topological polar surface area (TPSA) is 104 Å². The van der Waals surface area contributed by atoms with Gasteiger partial charge in [0.05, 0.1) is 34.9 Å². The maximum atomic E-state index is 11.7. The Labute approximate surface area is 256 Å². The second-order valence-electron chi connectivity index (χ2n) is 11.8. The van der Waals surface area contributed by atoms with Crippen LogP contribution >= 0.6 is 23.2 Å². The van der Waals surface area contributed by atoms with Crippen molar-refractivity contribution >= 4 is 29.2 Å². The van der Waals surface area contributed by atoms with Gasteiger partial charge in [0.1, 0.15) is 23.0 Å². The maximum absolute atomic E-state index is 11.7. The molecular weight excluding hydrogens is 579 g/mol. The number of carbonyl (C=O) groups is 1. The molecule has 0 aliphatic heterocycles. The highest BCUT2D eigenvalue weighted by molar-refractivity contribution is 6.38. The van der Waals surface area contributed by atoms with Crippen molar-refractivity contribution in [1.29, 1.82) is 0 Å². The molecular formula is C32H38Cl2N2O6. The minimum absolute atomic E-state index is 0.0134. The van der Waals surface area contributed by atoms with E-state index < -0.39 is 5.97 Å². The zero-order valence-corrected chi connectivity index (χ0v) is 25.7. The van der Waals surface area contributed by atoms with Crippen molar-refractivity contribution < 1.29 is 28.6 Å². The van der Waals surface area contributed by atoms with Crippen LogP contribution in [-0.2, 0) is 11.3 Å². The summed E-state index contributed by atoms with van der Waals surface area (Å²) in [5, 5.41) is 14.8. The molecule has 0 unspecified atom stereocenters. The van der Waals surface area contributed by atoms with Crippen LogP contribution in [0.5, 0.6) is 11.5 Å². The number of hydrogen-bond acceptors (Lipinski definition) is 7. The molecule has 3 aromatic rings. The van der Waals surface area contributed by atoms with Gasteiger partial charge < -0.3 is 23.8 Å². The number of carboxylic acid groups (broad SMARTS) is 1. The standard InChI is InChI=1S/C32H38Cl2N2O6/c1-20(2)41-24-14-22(31(37)38)13-23(15-24)40-19-32(9-4-3-5-10-32)11-6-12-39-18-25-29(36-42-30(25)21-7-8-21)28-26(33)16-35-17-27(28)34/h13-17,20-21H,3-12,18-19H2,1-2H3,(H,37,38). The quantitative estimate of drug-likeness (QED) is 0.179. The molecule has 2 aliphatic carbocycles. The van der Waals surface area contributed by atoms with Crippen LogP contribution in [0.25, 0.3) is 11.3 Å². The lowest BCUT2D eigenvalue weighted by Gasteiger charge is -2.37. The van der Waals surface area contributed by atoms with Crippen LogP contribution in [0.4, 0.5) is 0 Å². The predicted octanol–water partition coefficient (Wildman–Crippen LogP) is 8.73. The largest absolute Gasteiger partial charge is 0.493 e. The van der Waals surface area contributed by atoms with Gasteiger partial charge in [-0.15, -0.1) is 0 Å². The van der Waals surface area contributed by atoms with E-state index in [1.165, 1.54) is 12.5 Å². The first kappa shape index (κ1) is 30.6. The SMILES string of the molecule is CC(C)Oc1cc(OCC2(CCCOCc3c(-c4c(Cl)cncc4Cl)noc3C3CC3)CCCCC2)cc(C(=O)O)c1. The van der Waals surface area contributed by atoms with Crippen LogP contribution < -0.4 is 9.47 Å². The van der Waals surface area contributed by atoms with Gasteiger partial charge in [-0.25, -0.2) is 4.79 Å². The van der Waals surface area contributed by atoms with Crippen LogP contribution in [0.2, 0.25) is 10.0 Å². The van der Waals surface area contributed by atoms with E-state index in [9.17, 15) is 9.90 Å². The summed E-state index contributed by atoms with van der Waals surface area (Å²) in [4.78, 5) is 15.8. The first-order chi connectivity index (χ1) is 20.2. The summed E-state index contributed by atoms with van der Waals surface area (Å²) in [5.74, 6) is 1.23. The summed E-state index contributed by atoms with van der Waals surface area (Å²) in [5.41, 5.74) is 2.31. The van der Waals surface area contributed by atoms with E-state index in [0.29, 0.717) is 58.5 Å². The van der Waals surface area contributed by atoms with Gasteiger partial charge in [0.25, 0.3) is 0 Å².